The minimum absolute atomic E-state index is 0.126. The Labute approximate surface area is 67.3 Å². The van der Waals surface area contributed by atoms with E-state index in [1.54, 1.807) is 0 Å². The maximum absolute atomic E-state index is 11.9. The lowest BCUT2D eigenvalue weighted by Crippen LogP contribution is -2.13. The Morgan fingerprint density at radius 1 is 1.27 bits per heavy atom. The van der Waals surface area contributed by atoms with Gasteiger partial charge in [-0.05, 0) is 12.5 Å². The summed E-state index contributed by atoms with van der Waals surface area (Å²) in [6.45, 7) is 0. The van der Waals surface area contributed by atoms with E-state index in [4.69, 9.17) is 11.6 Å². The molecule has 1 rings (SSSR count). The second-order valence-electron chi connectivity index (χ2n) is 2.15. The zero-order valence-corrected chi connectivity index (χ0v) is 6.21. The lowest BCUT2D eigenvalue weighted by atomic mass is 10.1. The van der Waals surface area contributed by atoms with Gasteiger partial charge in [0, 0.05) is 17.0 Å². The van der Waals surface area contributed by atoms with E-state index in [0.717, 1.165) is 6.08 Å². The SMILES string of the molecule is FC(F)(F)C1=CC=C(Cl)[CH]C1. The highest BCUT2D eigenvalue weighted by molar-refractivity contribution is 6.31. The van der Waals surface area contributed by atoms with Crippen LogP contribution in [-0.4, -0.2) is 6.18 Å². The predicted octanol–water partition coefficient (Wildman–Crippen LogP) is 3.21. The number of hydrogen-bond donors (Lipinski definition) is 0. The lowest BCUT2D eigenvalue weighted by molar-refractivity contribution is -0.0932. The third-order valence-corrected chi connectivity index (χ3v) is 1.61. The highest BCUT2D eigenvalue weighted by Crippen LogP contribution is 2.32. The average Bonchev–Trinajstić information content (AvgIpc) is 1.86. The summed E-state index contributed by atoms with van der Waals surface area (Å²) in [6, 6.07) is 0. The minimum Gasteiger partial charge on any atom is -0.166 e. The first-order valence-electron chi connectivity index (χ1n) is 2.97. The molecule has 0 saturated carbocycles. The first-order chi connectivity index (χ1) is 5.00. The Morgan fingerprint density at radius 3 is 2.27 bits per heavy atom. The van der Waals surface area contributed by atoms with Gasteiger partial charge in [0.2, 0.25) is 0 Å². The molecule has 0 bridgehead atoms. The molecule has 0 amide bonds. The maximum atomic E-state index is 11.9. The van der Waals surface area contributed by atoms with E-state index in [2.05, 4.69) is 0 Å². The summed E-state index contributed by atoms with van der Waals surface area (Å²) in [5.74, 6) is 0. The van der Waals surface area contributed by atoms with E-state index >= 15 is 0 Å². The molecule has 0 atom stereocenters. The molecule has 0 aromatic rings. The van der Waals surface area contributed by atoms with Crippen LogP contribution in [0.1, 0.15) is 6.42 Å². The van der Waals surface area contributed by atoms with Crippen LogP contribution in [0.5, 0.6) is 0 Å². The second-order valence-corrected chi connectivity index (χ2v) is 2.59. The van der Waals surface area contributed by atoms with Gasteiger partial charge in [-0.1, -0.05) is 17.7 Å². The van der Waals surface area contributed by atoms with Crippen LogP contribution in [0, 0.1) is 6.42 Å². The summed E-state index contributed by atoms with van der Waals surface area (Å²) >= 11 is 5.43. The molecule has 0 saturated heterocycles. The van der Waals surface area contributed by atoms with Crippen molar-refractivity contribution in [2.75, 3.05) is 0 Å². The van der Waals surface area contributed by atoms with Gasteiger partial charge in [0.25, 0.3) is 0 Å². The van der Waals surface area contributed by atoms with Crippen molar-refractivity contribution in [3.63, 3.8) is 0 Å². The summed E-state index contributed by atoms with van der Waals surface area (Å²) in [4.78, 5) is 0. The van der Waals surface area contributed by atoms with Crippen molar-refractivity contribution in [1.82, 2.24) is 0 Å². The predicted molar refractivity (Wildman–Crippen MR) is 37.0 cm³/mol. The molecule has 4 heteroatoms. The molecule has 0 nitrogen and oxygen atoms in total. The lowest BCUT2D eigenvalue weighted by Gasteiger charge is -2.13. The van der Waals surface area contributed by atoms with Crippen LogP contribution in [0.15, 0.2) is 22.8 Å². The van der Waals surface area contributed by atoms with Crippen molar-refractivity contribution in [2.24, 2.45) is 0 Å². The Balaban J connectivity index is 2.77. The van der Waals surface area contributed by atoms with Crippen molar-refractivity contribution >= 4 is 11.6 Å². The van der Waals surface area contributed by atoms with Gasteiger partial charge in [0.15, 0.2) is 0 Å². The van der Waals surface area contributed by atoms with Crippen LogP contribution in [0.4, 0.5) is 13.2 Å². The molecule has 0 aromatic heterocycles. The third-order valence-electron chi connectivity index (χ3n) is 1.32. The van der Waals surface area contributed by atoms with Crippen LogP contribution in [0.2, 0.25) is 0 Å². The van der Waals surface area contributed by atoms with Crippen LogP contribution in [0.3, 0.4) is 0 Å². The second kappa shape index (κ2) is 2.89. The Morgan fingerprint density at radius 2 is 1.91 bits per heavy atom. The van der Waals surface area contributed by atoms with E-state index < -0.39 is 11.7 Å². The fourth-order valence-corrected chi connectivity index (χ4v) is 0.874. The van der Waals surface area contributed by atoms with E-state index in [-0.39, 0.29) is 6.42 Å². The summed E-state index contributed by atoms with van der Waals surface area (Å²) in [7, 11) is 0. The van der Waals surface area contributed by atoms with E-state index in [1.165, 1.54) is 12.5 Å². The minimum atomic E-state index is -4.22. The fraction of sp³-hybridized carbons (Fsp3) is 0.286. The highest BCUT2D eigenvalue weighted by atomic mass is 35.5. The van der Waals surface area contributed by atoms with Crippen molar-refractivity contribution < 1.29 is 13.2 Å². The molecule has 1 aliphatic rings. The standard InChI is InChI=1S/C7H5ClF3/c8-6-3-1-5(2-4-6)7(9,10)11/h1,3-4H,2H2. The highest BCUT2D eigenvalue weighted by Gasteiger charge is 2.33. The van der Waals surface area contributed by atoms with Gasteiger partial charge in [-0.15, -0.1) is 0 Å². The van der Waals surface area contributed by atoms with Crippen molar-refractivity contribution in [1.29, 1.82) is 0 Å². The van der Waals surface area contributed by atoms with E-state index in [0.29, 0.717) is 5.03 Å². The number of allylic oxidation sites excluding steroid dienone is 4. The number of hydrogen-bond acceptors (Lipinski definition) is 0. The molecule has 0 aliphatic heterocycles. The normalized spacial score (nSPS) is 19.3. The molecule has 0 heterocycles. The van der Waals surface area contributed by atoms with Gasteiger partial charge >= 0.3 is 6.18 Å². The molecule has 0 aromatic carbocycles. The molecule has 0 unspecified atom stereocenters. The van der Waals surface area contributed by atoms with Gasteiger partial charge in [-0.25, -0.2) is 0 Å². The van der Waals surface area contributed by atoms with E-state index in [1.807, 2.05) is 0 Å². The smallest absolute Gasteiger partial charge is 0.166 e. The molecule has 1 radical (unpaired) electrons. The summed E-state index contributed by atoms with van der Waals surface area (Å²) < 4.78 is 35.7. The van der Waals surface area contributed by atoms with Crippen molar-refractivity contribution in [3.05, 3.63) is 29.2 Å². The Kier molecular flexibility index (Phi) is 2.28. The zero-order chi connectivity index (χ0) is 8.48. The van der Waals surface area contributed by atoms with Crippen LogP contribution < -0.4 is 0 Å². The molecular formula is C7H5ClF3. The van der Waals surface area contributed by atoms with Gasteiger partial charge in [-0.2, -0.15) is 13.2 Å². The molecule has 0 spiro atoms. The zero-order valence-electron chi connectivity index (χ0n) is 5.45. The van der Waals surface area contributed by atoms with Gasteiger partial charge in [0.1, 0.15) is 0 Å². The largest absolute Gasteiger partial charge is 0.412 e. The molecule has 11 heavy (non-hydrogen) atoms. The number of halogens is 4. The average molecular weight is 182 g/mol. The summed E-state index contributed by atoms with van der Waals surface area (Å²) in [5, 5.41) is 0.359. The summed E-state index contributed by atoms with van der Waals surface area (Å²) in [5.41, 5.74) is -0.554. The van der Waals surface area contributed by atoms with Gasteiger partial charge < -0.3 is 0 Å². The monoisotopic (exact) mass is 181 g/mol. The van der Waals surface area contributed by atoms with Crippen molar-refractivity contribution in [3.8, 4) is 0 Å². The summed E-state index contributed by atoms with van der Waals surface area (Å²) in [6.07, 6.45) is -0.760. The molecular weight excluding hydrogens is 177 g/mol. The molecule has 61 valence electrons. The van der Waals surface area contributed by atoms with Crippen LogP contribution in [0.25, 0.3) is 0 Å². The van der Waals surface area contributed by atoms with Gasteiger partial charge in [0.05, 0.1) is 0 Å². The molecule has 0 N–H and O–H groups in total. The third kappa shape index (κ3) is 2.26. The Hall–Kier alpha value is -0.440. The maximum Gasteiger partial charge on any atom is 0.412 e. The Bertz CT molecular complexity index is 212. The van der Waals surface area contributed by atoms with Crippen LogP contribution >= 0.6 is 11.6 Å². The van der Waals surface area contributed by atoms with Crippen molar-refractivity contribution in [2.45, 2.75) is 12.6 Å². The number of rotatable bonds is 0. The quantitative estimate of drug-likeness (QED) is 0.538. The van der Waals surface area contributed by atoms with Gasteiger partial charge in [-0.3, -0.25) is 0 Å². The van der Waals surface area contributed by atoms with E-state index in [9.17, 15) is 13.2 Å². The van der Waals surface area contributed by atoms with Crippen LogP contribution in [-0.2, 0) is 0 Å². The molecule has 1 aliphatic carbocycles. The fourth-order valence-electron chi connectivity index (χ4n) is 0.734. The topological polar surface area (TPSA) is 0 Å². The first kappa shape index (κ1) is 8.65. The molecule has 0 fully saturated rings. The first-order valence-corrected chi connectivity index (χ1v) is 3.35. The number of alkyl halides is 3.